The van der Waals surface area contributed by atoms with Gasteiger partial charge in [-0.3, -0.25) is 4.79 Å². The third-order valence-electron chi connectivity index (χ3n) is 2.66. The van der Waals surface area contributed by atoms with E-state index in [-0.39, 0.29) is 23.8 Å². The first-order valence-electron chi connectivity index (χ1n) is 5.38. The minimum Gasteiger partial charge on any atom is -0.395 e. The number of rotatable bonds is 5. The van der Waals surface area contributed by atoms with Crippen LogP contribution in [-0.4, -0.2) is 40.3 Å². The van der Waals surface area contributed by atoms with Gasteiger partial charge >= 0.3 is 0 Å². The molecule has 1 aromatic rings. The molecule has 1 rings (SSSR count). The third-order valence-corrected chi connectivity index (χ3v) is 3.82. The van der Waals surface area contributed by atoms with Crippen LogP contribution in [0, 0.1) is 13.8 Å². The van der Waals surface area contributed by atoms with Crippen molar-refractivity contribution in [1.82, 2.24) is 10.5 Å². The number of aromatic nitrogens is 1. The van der Waals surface area contributed by atoms with Gasteiger partial charge in [0, 0.05) is 11.3 Å². The fourth-order valence-electron chi connectivity index (χ4n) is 1.62. The molecule has 0 saturated heterocycles. The summed E-state index contributed by atoms with van der Waals surface area (Å²) in [6, 6.07) is -0.115. The Morgan fingerprint density at radius 1 is 1.59 bits per heavy atom. The normalized spacial score (nSPS) is 14.4. The lowest BCUT2D eigenvalue weighted by Gasteiger charge is -2.21. The Labute approximate surface area is 105 Å². The van der Waals surface area contributed by atoms with E-state index in [0.29, 0.717) is 17.0 Å². The van der Waals surface area contributed by atoms with Gasteiger partial charge in [-0.05, 0) is 27.0 Å². The van der Waals surface area contributed by atoms with Gasteiger partial charge in [-0.1, -0.05) is 5.16 Å². The molecule has 0 bridgehead atoms. The molecule has 2 N–H and O–H groups in total. The fraction of sp³-hybridized carbons (Fsp3) is 0.636. The van der Waals surface area contributed by atoms with Crippen molar-refractivity contribution in [2.24, 2.45) is 0 Å². The van der Waals surface area contributed by atoms with E-state index in [9.17, 15) is 4.79 Å². The average Bonchev–Trinajstić information content (AvgIpc) is 2.60. The second kappa shape index (κ2) is 6.07. The van der Waals surface area contributed by atoms with Gasteiger partial charge in [0.15, 0.2) is 0 Å². The molecule has 0 aliphatic rings. The molecule has 0 fully saturated rings. The quantitative estimate of drug-likeness (QED) is 0.828. The van der Waals surface area contributed by atoms with Crippen LogP contribution in [0.5, 0.6) is 0 Å². The smallest absolute Gasteiger partial charge is 0.257 e. The maximum absolute atomic E-state index is 12.0. The molecule has 2 atom stereocenters. The van der Waals surface area contributed by atoms with Crippen LogP contribution in [0.4, 0.5) is 0 Å². The Kier molecular flexibility index (Phi) is 5.02. The van der Waals surface area contributed by atoms with Crippen molar-refractivity contribution in [2.75, 3.05) is 12.9 Å². The summed E-state index contributed by atoms with van der Waals surface area (Å²) < 4.78 is 4.95. The maximum atomic E-state index is 12.0. The zero-order valence-electron chi connectivity index (χ0n) is 10.5. The average molecular weight is 258 g/mol. The van der Waals surface area contributed by atoms with Crippen molar-refractivity contribution < 1.29 is 14.4 Å². The summed E-state index contributed by atoms with van der Waals surface area (Å²) in [6.07, 6.45) is 1.90. The molecule has 1 amide bonds. The summed E-state index contributed by atoms with van der Waals surface area (Å²) in [7, 11) is 0. The highest BCUT2D eigenvalue weighted by atomic mass is 32.2. The van der Waals surface area contributed by atoms with E-state index in [1.165, 1.54) is 11.8 Å². The van der Waals surface area contributed by atoms with Crippen LogP contribution in [0.25, 0.3) is 0 Å². The van der Waals surface area contributed by atoms with Gasteiger partial charge in [0.25, 0.3) is 5.91 Å². The summed E-state index contributed by atoms with van der Waals surface area (Å²) in [6.45, 7) is 5.34. The van der Waals surface area contributed by atoms with Crippen molar-refractivity contribution in [3.63, 3.8) is 0 Å². The van der Waals surface area contributed by atoms with E-state index < -0.39 is 0 Å². The molecule has 1 heterocycles. The third kappa shape index (κ3) is 3.23. The molecule has 2 unspecified atom stereocenters. The molecule has 0 spiro atoms. The standard InChI is InChI=1S/C11H18N2O3S/c1-6(9(5-14)17-4)12-11(15)10-7(2)13-16-8(10)3/h6,9,14H,5H2,1-4H3,(H,12,15). The van der Waals surface area contributed by atoms with Gasteiger partial charge in [-0.2, -0.15) is 11.8 Å². The van der Waals surface area contributed by atoms with Gasteiger partial charge in [0.1, 0.15) is 11.3 Å². The molecule has 5 nitrogen and oxygen atoms in total. The summed E-state index contributed by atoms with van der Waals surface area (Å²) in [4.78, 5) is 12.0. The SMILES string of the molecule is CSC(CO)C(C)NC(=O)c1c(C)noc1C. The summed E-state index contributed by atoms with van der Waals surface area (Å²) in [5.74, 6) is 0.304. The van der Waals surface area contributed by atoms with Crippen molar-refractivity contribution in [2.45, 2.75) is 32.1 Å². The highest BCUT2D eigenvalue weighted by Gasteiger charge is 2.22. The number of carbonyl (C=O) groups is 1. The number of carbonyl (C=O) groups excluding carboxylic acids is 1. The largest absolute Gasteiger partial charge is 0.395 e. The second-order valence-electron chi connectivity index (χ2n) is 3.92. The van der Waals surface area contributed by atoms with Crippen molar-refractivity contribution in [3.8, 4) is 0 Å². The monoisotopic (exact) mass is 258 g/mol. The molecule has 0 aromatic carbocycles. The number of nitrogens with zero attached hydrogens (tertiary/aromatic N) is 1. The maximum Gasteiger partial charge on any atom is 0.257 e. The van der Waals surface area contributed by atoms with Crippen LogP contribution in [-0.2, 0) is 0 Å². The van der Waals surface area contributed by atoms with Crippen LogP contribution in [0.3, 0.4) is 0 Å². The van der Waals surface area contributed by atoms with E-state index >= 15 is 0 Å². The Hall–Kier alpha value is -1.01. The Morgan fingerprint density at radius 3 is 2.65 bits per heavy atom. The molecule has 96 valence electrons. The number of nitrogens with one attached hydrogen (secondary N) is 1. The Bertz CT molecular complexity index is 369. The number of amides is 1. The van der Waals surface area contributed by atoms with Gasteiger partial charge in [-0.15, -0.1) is 0 Å². The summed E-state index contributed by atoms with van der Waals surface area (Å²) in [5, 5.41) is 15.7. The highest BCUT2D eigenvalue weighted by molar-refractivity contribution is 7.99. The second-order valence-corrected chi connectivity index (χ2v) is 4.99. The van der Waals surface area contributed by atoms with E-state index in [1.54, 1.807) is 13.8 Å². The van der Waals surface area contributed by atoms with Crippen LogP contribution >= 0.6 is 11.8 Å². The topological polar surface area (TPSA) is 75.4 Å². The molecule has 1 aromatic heterocycles. The molecular formula is C11H18N2O3S. The lowest BCUT2D eigenvalue weighted by Crippen LogP contribution is -2.41. The van der Waals surface area contributed by atoms with Gasteiger partial charge < -0.3 is 14.9 Å². The molecule has 17 heavy (non-hydrogen) atoms. The predicted molar refractivity (Wildman–Crippen MR) is 67.3 cm³/mol. The molecule has 0 radical (unpaired) electrons. The molecule has 0 saturated carbocycles. The van der Waals surface area contributed by atoms with Crippen LogP contribution in [0.1, 0.15) is 28.7 Å². The fourth-order valence-corrected chi connectivity index (χ4v) is 2.24. The van der Waals surface area contributed by atoms with E-state index in [1.807, 2.05) is 13.2 Å². The predicted octanol–water partition coefficient (Wildman–Crippen LogP) is 1.13. The number of aliphatic hydroxyl groups is 1. The number of thioether (sulfide) groups is 1. The Balaban J connectivity index is 2.73. The minimum absolute atomic E-state index is 0.0144. The number of hydrogen-bond donors (Lipinski definition) is 2. The van der Waals surface area contributed by atoms with Crippen molar-refractivity contribution in [1.29, 1.82) is 0 Å². The van der Waals surface area contributed by atoms with Gasteiger partial charge in [-0.25, -0.2) is 0 Å². The highest BCUT2D eigenvalue weighted by Crippen LogP contribution is 2.14. The lowest BCUT2D eigenvalue weighted by molar-refractivity contribution is 0.0934. The van der Waals surface area contributed by atoms with Crippen LogP contribution in [0.15, 0.2) is 4.52 Å². The van der Waals surface area contributed by atoms with E-state index in [0.717, 1.165) is 0 Å². The molecule has 6 heteroatoms. The van der Waals surface area contributed by atoms with E-state index in [2.05, 4.69) is 10.5 Å². The van der Waals surface area contributed by atoms with Crippen molar-refractivity contribution in [3.05, 3.63) is 17.0 Å². The van der Waals surface area contributed by atoms with Crippen LogP contribution in [0.2, 0.25) is 0 Å². The first kappa shape index (κ1) is 14.1. The van der Waals surface area contributed by atoms with Gasteiger partial charge in [0.05, 0.1) is 12.3 Å². The first-order valence-corrected chi connectivity index (χ1v) is 6.67. The number of hydrogen-bond acceptors (Lipinski definition) is 5. The van der Waals surface area contributed by atoms with Gasteiger partial charge in [0.2, 0.25) is 0 Å². The summed E-state index contributed by atoms with van der Waals surface area (Å²) in [5.41, 5.74) is 1.06. The minimum atomic E-state index is -0.207. The van der Waals surface area contributed by atoms with Crippen LogP contribution < -0.4 is 5.32 Å². The van der Waals surface area contributed by atoms with Crippen molar-refractivity contribution >= 4 is 17.7 Å². The molecule has 0 aliphatic carbocycles. The van der Waals surface area contributed by atoms with E-state index in [4.69, 9.17) is 9.63 Å². The Morgan fingerprint density at radius 2 is 2.24 bits per heavy atom. The lowest BCUT2D eigenvalue weighted by atomic mass is 10.1. The zero-order valence-corrected chi connectivity index (χ0v) is 11.3. The molecular weight excluding hydrogens is 240 g/mol. The first-order chi connectivity index (χ1) is 8.01. The molecule has 0 aliphatic heterocycles. The summed E-state index contributed by atoms with van der Waals surface area (Å²) >= 11 is 1.52. The number of aliphatic hydroxyl groups excluding tert-OH is 1. The zero-order chi connectivity index (χ0) is 13.0. The number of aryl methyl sites for hydroxylation is 2.